The molecule has 1 aromatic carbocycles. The van der Waals surface area contributed by atoms with E-state index >= 15 is 0 Å². The van der Waals surface area contributed by atoms with Crippen LogP contribution in [-0.4, -0.2) is 61.4 Å². The van der Waals surface area contributed by atoms with E-state index in [4.69, 9.17) is 4.74 Å². The van der Waals surface area contributed by atoms with E-state index in [1.165, 1.54) is 0 Å². The Balaban J connectivity index is 1.71. The van der Waals surface area contributed by atoms with Crippen LogP contribution in [0.1, 0.15) is 39.2 Å². The zero-order chi connectivity index (χ0) is 18.9. The Morgan fingerprint density at radius 2 is 1.92 bits per heavy atom. The van der Waals surface area contributed by atoms with Crippen molar-refractivity contribution in [2.45, 2.75) is 56.6 Å². The van der Waals surface area contributed by atoms with E-state index in [1.807, 2.05) is 37.8 Å². The van der Waals surface area contributed by atoms with Crippen molar-refractivity contribution in [3.05, 3.63) is 29.8 Å². The summed E-state index contributed by atoms with van der Waals surface area (Å²) >= 11 is 0. The highest BCUT2D eigenvalue weighted by Crippen LogP contribution is 2.29. The summed E-state index contributed by atoms with van der Waals surface area (Å²) in [6.07, 6.45) is 2.20. The third kappa shape index (κ3) is 3.94. The number of carbonyl (C=O) groups excluding carboxylic acids is 1. The zero-order valence-electron chi connectivity index (χ0n) is 15.8. The summed E-state index contributed by atoms with van der Waals surface area (Å²) in [5, 5.41) is 0. The van der Waals surface area contributed by atoms with E-state index in [2.05, 4.69) is 0 Å². The van der Waals surface area contributed by atoms with Gasteiger partial charge in [-0.25, -0.2) is 8.42 Å². The van der Waals surface area contributed by atoms with Gasteiger partial charge in [0, 0.05) is 26.1 Å². The summed E-state index contributed by atoms with van der Waals surface area (Å²) in [7, 11) is -3.57. The van der Waals surface area contributed by atoms with Crippen LogP contribution in [0, 0.1) is 0 Å². The van der Waals surface area contributed by atoms with Crippen LogP contribution in [0.5, 0.6) is 0 Å². The van der Waals surface area contributed by atoms with E-state index in [0.29, 0.717) is 31.0 Å². The third-order valence-electron chi connectivity index (χ3n) is 5.17. The number of hydrogen-bond donors (Lipinski definition) is 0. The lowest BCUT2D eigenvalue weighted by molar-refractivity contribution is -0.127. The first-order valence-electron chi connectivity index (χ1n) is 9.21. The fourth-order valence-corrected chi connectivity index (χ4v) is 5.38. The Bertz CT molecular complexity index is 758. The summed E-state index contributed by atoms with van der Waals surface area (Å²) in [5.74, 6) is 0.216. The lowest BCUT2D eigenvalue weighted by atomic mass is 10.1. The molecular weight excluding hydrogens is 352 g/mol. The van der Waals surface area contributed by atoms with Crippen molar-refractivity contribution in [2.75, 3.05) is 26.2 Å². The lowest BCUT2D eigenvalue weighted by Gasteiger charge is -2.43. The van der Waals surface area contributed by atoms with Gasteiger partial charge in [0.15, 0.2) is 0 Å². The number of morpholine rings is 1. The molecule has 0 bridgehead atoms. The van der Waals surface area contributed by atoms with Crippen LogP contribution in [0.4, 0.5) is 0 Å². The zero-order valence-corrected chi connectivity index (χ0v) is 16.6. The largest absolute Gasteiger partial charge is 0.375 e. The monoisotopic (exact) mass is 380 g/mol. The van der Waals surface area contributed by atoms with Crippen molar-refractivity contribution in [3.8, 4) is 0 Å². The highest BCUT2D eigenvalue weighted by atomic mass is 32.2. The summed E-state index contributed by atoms with van der Waals surface area (Å²) in [5.41, 5.74) is 0.471. The van der Waals surface area contributed by atoms with Crippen LogP contribution < -0.4 is 0 Å². The molecule has 1 amide bonds. The molecule has 26 heavy (non-hydrogen) atoms. The highest BCUT2D eigenvalue weighted by Gasteiger charge is 2.41. The molecule has 7 heteroatoms. The molecule has 0 aliphatic carbocycles. The van der Waals surface area contributed by atoms with Crippen molar-refractivity contribution >= 4 is 15.9 Å². The van der Waals surface area contributed by atoms with Crippen LogP contribution in [0.3, 0.4) is 0 Å². The molecule has 6 nitrogen and oxygen atoms in total. The number of likely N-dealkylation sites (tertiary alicyclic amines) is 1. The van der Waals surface area contributed by atoms with E-state index in [0.717, 1.165) is 24.9 Å². The van der Waals surface area contributed by atoms with E-state index in [9.17, 15) is 13.2 Å². The molecule has 1 aromatic rings. The van der Waals surface area contributed by atoms with Gasteiger partial charge in [-0.3, -0.25) is 4.79 Å². The molecule has 2 heterocycles. The molecule has 144 valence electrons. The summed E-state index contributed by atoms with van der Waals surface area (Å²) < 4.78 is 33.3. The molecule has 0 N–H and O–H groups in total. The number of ether oxygens (including phenoxy) is 1. The van der Waals surface area contributed by atoms with Gasteiger partial charge in [-0.15, -0.1) is 0 Å². The van der Waals surface area contributed by atoms with Gasteiger partial charge < -0.3 is 9.64 Å². The Morgan fingerprint density at radius 3 is 2.54 bits per heavy atom. The Kier molecular flexibility index (Phi) is 5.42. The molecule has 2 fully saturated rings. The molecule has 0 radical (unpaired) electrons. The summed E-state index contributed by atoms with van der Waals surface area (Å²) in [6, 6.07) is 7.05. The summed E-state index contributed by atoms with van der Waals surface area (Å²) in [6.45, 7) is 7.92. The van der Waals surface area contributed by atoms with Crippen molar-refractivity contribution in [3.63, 3.8) is 0 Å². The second kappa shape index (κ2) is 7.29. The second-order valence-corrected chi connectivity index (χ2v) is 9.71. The van der Waals surface area contributed by atoms with Crippen LogP contribution in [0.15, 0.2) is 29.2 Å². The number of benzene rings is 1. The predicted octanol–water partition coefficient (Wildman–Crippen LogP) is 2.04. The van der Waals surface area contributed by atoms with Gasteiger partial charge in [-0.2, -0.15) is 4.31 Å². The third-order valence-corrected chi connectivity index (χ3v) is 7.26. The van der Waals surface area contributed by atoms with Crippen LogP contribution in [0.2, 0.25) is 0 Å². The Labute approximate surface area is 156 Å². The van der Waals surface area contributed by atoms with Gasteiger partial charge in [0.1, 0.15) is 0 Å². The van der Waals surface area contributed by atoms with Crippen LogP contribution in [0.25, 0.3) is 0 Å². The maximum atomic E-state index is 13.1. The normalized spacial score (nSPS) is 24.2. The van der Waals surface area contributed by atoms with Crippen molar-refractivity contribution in [1.29, 1.82) is 0 Å². The summed E-state index contributed by atoms with van der Waals surface area (Å²) in [4.78, 5) is 13.9. The average Bonchev–Trinajstić information content (AvgIpc) is 3.00. The van der Waals surface area contributed by atoms with Gasteiger partial charge in [0.25, 0.3) is 0 Å². The Morgan fingerprint density at radius 1 is 1.23 bits per heavy atom. The predicted molar refractivity (Wildman–Crippen MR) is 99.3 cm³/mol. The number of hydrogen-bond acceptors (Lipinski definition) is 4. The van der Waals surface area contributed by atoms with Gasteiger partial charge in [-0.1, -0.05) is 12.1 Å². The molecule has 2 aliphatic rings. The fourth-order valence-electron chi connectivity index (χ4n) is 3.53. The average molecular weight is 381 g/mol. The first-order valence-corrected chi connectivity index (χ1v) is 10.7. The smallest absolute Gasteiger partial charge is 0.243 e. The molecule has 2 aliphatic heterocycles. The molecule has 1 unspecified atom stereocenters. The fraction of sp³-hybridized carbons (Fsp3) is 0.632. The molecule has 0 saturated carbocycles. The molecule has 3 rings (SSSR count). The number of nitrogens with zero attached hydrogens (tertiary/aromatic N) is 2. The number of carbonyl (C=O) groups is 1. The van der Waals surface area contributed by atoms with Crippen molar-refractivity contribution < 1.29 is 17.9 Å². The number of sulfonamides is 1. The first-order chi connectivity index (χ1) is 12.2. The topological polar surface area (TPSA) is 66.9 Å². The highest BCUT2D eigenvalue weighted by molar-refractivity contribution is 7.89. The minimum absolute atomic E-state index is 0.116. The van der Waals surface area contributed by atoms with Crippen molar-refractivity contribution in [2.24, 2.45) is 0 Å². The van der Waals surface area contributed by atoms with E-state index < -0.39 is 15.6 Å². The first kappa shape index (κ1) is 19.3. The second-order valence-electron chi connectivity index (χ2n) is 7.85. The molecule has 2 saturated heterocycles. The minimum Gasteiger partial charge on any atom is -0.375 e. The molecule has 1 atom stereocenters. The van der Waals surface area contributed by atoms with Crippen molar-refractivity contribution in [1.82, 2.24) is 9.21 Å². The maximum absolute atomic E-state index is 13.1. The van der Waals surface area contributed by atoms with Crippen LogP contribution in [-0.2, 0) is 26.0 Å². The van der Waals surface area contributed by atoms with E-state index in [-0.39, 0.29) is 12.0 Å². The Hall–Kier alpha value is -1.44. The van der Waals surface area contributed by atoms with Gasteiger partial charge in [0.2, 0.25) is 15.9 Å². The minimum atomic E-state index is -3.57. The molecular formula is C19H28N2O4S. The SMILES string of the molecule is CC1CN(S(=O)(=O)c2ccc(CCN3CCCC3=O)cc2)C(C)(C)CO1. The van der Waals surface area contributed by atoms with E-state index in [1.54, 1.807) is 16.4 Å². The standard InChI is InChI=1S/C19H28N2O4S/c1-15-13-21(19(2,3)14-25-15)26(23,24)17-8-6-16(7-9-17)10-12-20-11-4-5-18(20)22/h6-9,15H,4-5,10-14H2,1-3H3. The van der Waals surface area contributed by atoms with Gasteiger partial charge >= 0.3 is 0 Å². The maximum Gasteiger partial charge on any atom is 0.243 e. The number of amides is 1. The lowest BCUT2D eigenvalue weighted by Crippen LogP contribution is -2.57. The van der Waals surface area contributed by atoms with Crippen LogP contribution >= 0.6 is 0 Å². The van der Waals surface area contributed by atoms with Gasteiger partial charge in [-0.05, 0) is 51.3 Å². The number of rotatable bonds is 5. The molecule has 0 aromatic heterocycles. The quantitative estimate of drug-likeness (QED) is 0.784. The van der Waals surface area contributed by atoms with Gasteiger partial charge in [0.05, 0.1) is 23.1 Å². The molecule has 0 spiro atoms.